The van der Waals surface area contributed by atoms with Gasteiger partial charge in [-0.1, -0.05) is 42.5 Å². The highest BCUT2D eigenvalue weighted by Gasteiger charge is 2.20. The minimum Gasteiger partial charge on any atom is -0.505 e. The second-order valence-corrected chi connectivity index (χ2v) is 5.87. The lowest BCUT2D eigenvalue weighted by Crippen LogP contribution is -2.14. The number of pyridine rings is 1. The molecule has 1 aromatic heterocycles. The van der Waals surface area contributed by atoms with Gasteiger partial charge in [-0.15, -0.1) is 0 Å². The Morgan fingerprint density at radius 3 is 2.71 bits per heavy atom. The summed E-state index contributed by atoms with van der Waals surface area (Å²) in [6.07, 6.45) is 0. The largest absolute Gasteiger partial charge is 0.505 e. The third-order valence-corrected chi connectivity index (χ3v) is 4.18. The Morgan fingerprint density at radius 1 is 1.12 bits per heavy atom. The van der Waals surface area contributed by atoms with Crippen molar-refractivity contribution in [3.05, 3.63) is 71.5 Å². The van der Waals surface area contributed by atoms with Crippen LogP contribution in [-0.4, -0.2) is 20.1 Å². The first-order chi connectivity index (χ1) is 11.6. The number of fused-ring (bicyclic) bond motifs is 1. The molecule has 0 fully saturated rings. The molecular formula is C19H18ClN2O2+. The smallest absolute Gasteiger partial charge is 0.319 e. The number of hydrogen-bond donors (Lipinski definition) is 1. The molecule has 0 bridgehead atoms. The molecule has 0 aliphatic carbocycles. The maximum absolute atomic E-state index is 9.96. The number of aromatic hydroxyl groups is 1. The molecule has 1 N–H and O–H groups in total. The van der Waals surface area contributed by atoms with Crippen molar-refractivity contribution in [3.8, 4) is 5.75 Å². The molecule has 5 heteroatoms. The van der Waals surface area contributed by atoms with Crippen molar-refractivity contribution in [1.82, 2.24) is 4.98 Å². The van der Waals surface area contributed by atoms with Gasteiger partial charge in [0.25, 0.3) is 5.71 Å². The van der Waals surface area contributed by atoms with Crippen LogP contribution in [0.15, 0.2) is 54.6 Å². The second kappa shape index (κ2) is 6.89. The Hall–Kier alpha value is -2.59. The quantitative estimate of drug-likeness (QED) is 0.436. The van der Waals surface area contributed by atoms with Gasteiger partial charge in [0.2, 0.25) is 0 Å². The fourth-order valence-electron chi connectivity index (χ4n) is 2.54. The summed E-state index contributed by atoms with van der Waals surface area (Å²) in [4.78, 5) is 9.96. The van der Waals surface area contributed by atoms with Crippen LogP contribution in [0.3, 0.4) is 0 Å². The number of rotatable bonds is 4. The van der Waals surface area contributed by atoms with Crippen molar-refractivity contribution in [2.75, 3.05) is 0 Å². The summed E-state index contributed by atoms with van der Waals surface area (Å²) in [5, 5.41) is 12.2. The summed E-state index contributed by atoms with van der Waals surface area (Å²) in [5.74, 6) is 0.0671. The molecule has 0 unspecified atom stereocenters. The van der Waals surface area contributed by atoms with E-state index in [2.05, 4.69) is 23.2 Å². The molecule has 0 radical (unpaired) electrons. The normalized spacial score (nSPS) is 12.1. The van der Waals surface area contributed by atoms with Crippen LogP contribution in [0, 0.1) is 6.92 Å². The van der Waals surface area contributed by atoms with E-state index in [0.717, 1.165) is 26.3 Å². The van der Waals surface area contributed by atoms with E-state index >= 15 is 0 Å². The highest BCUT2D eigenvalue weighted by Crippen LogP contribution is 2.20. The Balaban J connectivity index is 1.86. The predicted molar refractivity (Wildman–Crippen MR) is 95.3 cm³/mol. The first kappa shape index (κ1) is 16.3. The minimum atomic E-state index is 0.0671. The summed E-state index contributed by atoms with van der Waals surface area (Å²) < 4.78 is 1.13. The van der Waals surface area contributed by atoms with E-state index < -0.39 is 0 Å². The summed E-state index contributed by atoms with van der Waals surface area (Å²) in [5.41, 5.74) is 2.76. The predicted octanol–water partition coefficient (Wildman–Crippen LogP) is 4.36. The first-order valence-electron chi connectivity index (χ1n) is 7.62. The van der Waals surface area contributed by atoms with E-state index in [4.69, 9.17) is 16.6 Å². The van der Waals surface area contributed by atoms with Gasteiger partial charge in [-0.25, -0.2) is 4.98 Å². The molecule has 0 aliphatic heterocycles. The van der Waals surface area contributed by atoms with Gasteiger partial charge in [0.1, 0.15) is 5.75 Å². The zero-order valence-corrected chi connectivity index (χ0v) is 14.3. The molecule has 1 heterocycles. The lowest BCUT2D eigenvalue weighted by atomic mass is 10.1. The molecule has 24 heavy (non-hydrogen) atoms. The number of aromatic nitrogens is 1. The van der Waals surface area contributed by atoms with Crippen LogP contribution in [0.5, 0.6) is 5.75 Å². The van der Waals surface area contributed by atoms with Gasteiger partial charge >= 0.3 is 11.8 Å². The van der Waals surface area contributed by atoms with Gasteiger partial charge in [0.05, 0.1) is 4.26 Å². The highest BCUT2D eigenvalue weighted by atomic mass is 35.5. The number of nitrogens with zero attached hydrogens (tertiary/aromatic N) is 2. The van der Waals surface area contributed by atoms with Crippen molar-refractivity contribution in [1.29, 1.82) is 0 Å². The third-order valence-electron chi connectivity index (χ3n) is 3.83. The Bertz CT molecular complexity index is 917. The van der Waals surface area contributed by atoms with Crippen molar-refractivity contribution in [2.24, 2.45) is 0 Å². The standard InChI is InChI=1S/C19H17ClN2O2/c1-13-10-11-18(23)19(21-13)14(2)22(20)24-12-16-8-5-7-15-6-3-4-9-17(15)16/h3-11H,12H2,1-2H3/p+1. The number of halogens is 1. The van der Waals surface area contributed by atoms with Crippen LogP contribution in [0.4, 0.5) is 0 Å². The molecular weight excluding hydrogens is 324 g/mol. The third kappa shape index (κ3) is 3.34. The molecule has 3 rings (SSSR count). The maximum Gasteiger partial charge on any atom is 0.319 e. The second-order valence-electron chi connectivity index (χ2n) is 5.56. The van der Waals surface area contributed by atoms with Gasteiger partial charge in [-0.05, 0) is 29.8 Å². The molecule has 122 valence electrons. The maximum atomic E-state index is 9.96. The van der Waals surface area contributed by atoms with Gasteiger partial charge in [0.15, 0.2) is 12.3 Å². The molecule has 3 aromatic rings. The Morgan fingerprint density at radius 2 is 1.88 bits per heavy atom. The molecule has 4 nitrogen and oxygen atoms in total. The molecule has 0 spiro atoms. The average Bonchev–Trinajstić information content (AvgIpc) is 2.61. The molecule has 0 saturated heterocycles. The molecule has 0 saturated carbocycles. The lowest BCUT2D eigenvalue weighted by molar-refractivity contribution is -0.688. The number of benzene rings is 2. The van der Waals surface area contributed by atoms with E-state index in [-0.39, 0.29) is 5.75 Å². The number of hydrogen-bond acceptors (Lipinski definition) is 3. The molecule has 2 aromatic carbocycles. The fourth-order valence-corrected chi connectivity index (χ4v) is 2.67. The van der Waals surface area contributed by atoms with Crippen LogP contribution in [0.25, 0.3) is 10.8 Å². The average molecular weight is 342 g/mol. The summed E-state index contributed by atoms with van der Waals surface area (Å²) in [7, 11) is 0. The van der Waals surface area contributed by atoms with Crippen molar-refractivity contribution < 1.29 is 14.2 Å². The zero-order valence-electron chi connectivity index (χ0n) is 13.5. The Labute approximate surface area is 145 Å². The molecule has 0 atom stereocenters. The summed E-state index contributed by atoms with van der Waals surface area (Å²) in [6.45, 7) is 3.91. The van der Waals surface area contributed by atoms with Crippen LogP contribution >= 0.6 is 11.8 Å². The Kier molecular flexibility index (Phi) is 4.67. The lowest BCUT2D eigenvalue weighted by Gasteiger charge is -2.05. The monoisotopic (exact) mass is 341 g/mol. The topological polar surface area (TPSA) is 45.4 Å². The van der Waals surface area contributed by atoms with E-state index in [1.807, 2.05) is 31.2 Å². The van der Waals surface area contributed by atoms with Gasteiger partial charge in [0, 0.05) is 18.2 Å². The summed E-state index contributed by atoms with van der Waals surface area (Å²) >= 11 is 6.21. The van der Waals surface area contributed by atoms with E-state index in [0.29, 0.717) is 18.0 Å². The van der Waals surface area contributed by atoms with Gasteiger partial charge < -0.3 is 5.11 Å². The first-order valence-corrected chi connectivity index (χ1v) is 7.96. The highest BCUT2D eigenvalue weighted by molar-refractivity contribution is 6.10. The van der Waals surface area contributed by atoms with E-state index in [9.17, 15) is 5.11 Å². The van der Waals surface area contributed by atoms with Crippen molar-refractivity contribution in [2.45, 2.75) is 20.5 Å². The molecule has 0 amide bonds. The minimum absolute atomic E-state index is 0.0671. The van der Waals surface area contributed by atoms with Crippen LogP contribution in [-0.2, 0) is 11.4 Å². The van der Waals surface area contributed by atoms with Crippen molar-refractivity contribution >= 4 is 28.3 Å². The van der Waals surface area contributed by atoms with Crippen LogP contribution in [0.1, 0.15) is 23.9 Å². The van der Waals surface area contributed by atoms with Gasteiger partial charge in [-0.3, -0.25) is 4.84 Å². The zero-order chi connectivity index (χ0) is 17.1. The van der Waals surface area contributed by atoms with Crippen LogP contribution < -0.4 is 0 Å². The number of aryl methyl sites for hydroxylation is 1. The van der Waals surface area contributed by atoms with E-state index in [1.54, 1.807) is 19.1 Å². The van der Waals surface area contributed by atoms with E-state index in [1.165, 1.54) is 0 Å². The fraction of sp³-hybridized carbons (Fsp3) is 0.158. The molecule has 0 aliphatic rings. The van der Waals surface area contributed by atoms with Gasteiger partial charge in [-0.2, -0.15) is 0 Å². The summed E-state index contributed by atoms with van der Waals surface area (Å²) in [6, 6.07) is 17.5. The van der Waals surface area contributed by atoms with Crippen LogP contribution in [0.2, 0.25) is 0 Å². The SMILES string of the molecule is CC(c1nc(C)ccc1O)=[N+](Cl)OCc1cccc2ccccc12. The van der Waals surface area contributed by atoms with Crippen molar-refractivity contribution in [3.63, 3.8) is 0 Å².